The molecule has 164 valence electrons. The molecule has 0 aromatic heterocycles. The predicted molar refractivity (Wildman–Crippen MR) is 129 cm³/mol. The lowest BCUT2D eigenvalue weighted by Crippen LogP contribution is -2.55. The first-order valence-corrected chi connectivity index (χ1v) is 12.2. The lowest BCUT2D eigenvalue weighted by Gasteiger charge is -2.44. The number of fused-ring (bicyclic) bond motifs is 1. The molecule has 3 aliphatic rings. The summed E-state index contributed by atoms with van der Waals surface area (Å²) < 4.78 is 26.2. The van der Waals surface area contributed by atoms with Gasteiger partial charge < -0.3 is 4.90 Å². The first-order chi connectivity index (χ1) is 15.4. The summed E-state index contributed by atoms with van der Waals surface area (Å²) in [5.41, 5.74) is 3.09. The Morgan fingerprint density at radius 1 is 0.969 bits per heavy atom. The minimum absolute atomic E-state index is 0.582. The number of rotatable bonds is 5. The van der Waals surface area contributed by atoms with E-state index in [1.165, 1.54) is 6.34 Å². The highest BCUT2D eigenvalue weighted by atomic mass is 32.2. The van der Waals surface area contributed by atoms with Crippen LogP contribution in [-0.2, 0) is 15.8 Å². The van der Waals surface area contributed by atoms with Crippen molar-refractivity contribution in [2.75, 3.05) is 42.1 Å². The molecule has 1 saturated heterocycles. The molecule has 9 nitrogen and oxygen atoms in total. The molecule has 10 heteroatoms. The molecular formula is C22H23N7O2S. The topological polar surface area (TPSA) is 102 Å². The molecule has 1 unspecified atom stereocenters. The van der Waals surface area contributed by atoms with Crippen molar-refractivity contribution in [3.05, 3.63) is 60.2 Å². The number of sulfonamides is 1. The van der Waals surface area contributed by atoms with Gasteiger partial charge >= 0.3 is 0 Å². The van der Waals surface area contributed by atoms with Gasteiger partial charge in [0.1, 0.15) is 12.1 Å². The Morgan fingerprint density at radius 2 is 1.69 bits per heavy atom. The average molecular weight is 450 g/mol. The Kier molecular flexibility index (Phi) is 5.10. The molecule has 32 heavy (non-hydrogen) atoms. The van der Waals surface area contributed by atoms with Crippen molar-refractivity contribution in [1.82, 2.24) is 4.90 Å². The van der Waals surface area contributed by atoms with Gasteiger partial charge in [0, 0.05) is 31.7 Å². The molecule has 0 aliphatic carbocycles. The van der Waals surface area contributed by atoms with Crippen molar-refractivity contribution in [2.45, 2.75) is 5.79 Å². The third-order valence-corrected chi connectivity index (χ3v) is 6.25. The molecule has 0 bridgehead atoms. The molecule has 1 fully saturated rings. The van der Waals surface area contributed by atoms with Crippen LogP contribution < -0.4 is 9.62 Å². The maximum absolute atomic E-state index is 11.8. The van der Waals surface area contributed by atoms with Crippen LogP contribution in [0.15, 0.2) is 74.6 Å². The van der Waals surface area contributed by atoms with E-state index >= 15 is 0 Å². The molecule has 1 atom stereocenters. The summed E-state index contributed by atoms with van der Waals surface area (Å²) >= 11 is 0. The van der Waals surface area contributed by atoms with E-state index < -0.39 is 15.8 Å². The molecule has 3 aliphatic heterocycles. The van der Waals surface area contributed by atoms with Gasteiger partial charge in [-0.2, -0.15) is 0 Å². The fourth-order valence-corrected chi connectivity index (χ4v) is 4.78. The number of amidine groups is 1. The van der Waals surface area contributed by atoms with Crippen LogP contribution in [-0.4, -0.2) is 69.9 Å². The van der Waals surface area contributed by atoms with Crippen LogP contribution in [0, 0.1) is 0 Å². The third kappa shape index (κ3) is 3.82. The number of benzene rings is 2. The number of nitrogens with zero attached hydrogens (tertiary/aromatic N) is 6. The van der Waals surface area contributed by atoms with Crippen LogP contribution in [0.1, 0.15) is 5.56 Å². The number of piperazine rings is 1. The van der Waals surface area contributed by atoms with Crippen LogP contribution >= 0.6 is 0 Å². The van der Waals surface area contributed by atoms with E-state index in [-0.39, 0.29) is 0 Å². The summed E-state index contributed by atoms with van der Waals surface area (Å²) in [6, 6.07) is 17.5. The zero-order chi connectivity index (χ0) is 22.2. The van der Waals surface area contributed by atoms with Gasteiger partial charge in [-0.1, -0.05) is 42.5 Å². The van der Waals surface area contributed by atoms with E-state index in [0.29, 0.717) is 43.4 Å². The minimum atomic E-state index is -3.37. The van der Waals surface area contributed by atoms with Crippen LogP contribution in [0.4, 0.5) is 11.4 Å². The van der Waals surface area contributed by atoms with Crippen molar-refractivity contribution < 1.29 is 8.42 Å². The molecule has 0 amide bonds. The second kappa shape index (κ2) is 7.95. The highest BCUT2D eigenvalue weighted by Crippen LogP contribution is 2.36. The van der Waals surface area contributed by atoms with E-state index in [1.807, 2.05) is 48.5 Å². The highest BCUT2D eigenvalue weighted by molar-refractivity contribution is 7.92. The van der Waals surface area contributed by atoms with E-state index in [2.05, 4.69) is 24.5 Å². The van der Waals surface area contributed by atoms with Gasteiger partial charge in [0.15, 0.2) is 5.84 Å². The van der Waals surface area contributed by atoms with Crippen molar-refractivity contribution >= 4 is 45.5 Å². The molecule has 3 heterocycles. The van der Waals surface area contributed by atoms with Crippen LogP contribution in [0.2, 0.25) is 0 Å². The van der Waals surface area contributed by atoms with E-state index in [4.69, 9.17) is 9.98 Å². The first kappa shape index (κ1) is 20.5. The summed E-state index contributed by atoms with van der Waals surface area (Å²) in [6.45, 7) is 2.77. The van der Waals surface area contributed by atoms with Crippen molar-refractivity contribution in [3.8, 4) is 0 Å². The van der Waals surface area contributed by atoms with Crippen LogP contribution in [0.3, 0.4) is 0 Å². The number of hydrogen-bond acceptors (Lipinski definition) is 8. The zero-order valence-corrected chi connectivity index (χ0v) is 18.4. The van der Waals surface area contributed by atoms with E-state index in [9.17, 15) is 8.42 Å². The summed E-state index contributed by atoms with van der Waals surface area (Å²) in [6.07, 6.45) is 4.42. The molecule has 2 aromatic rings. The second-order valence-electron chi connectivity index (χ2n) is 7.82. The lowest BCUT2D eigenvalue weighted by atomic mass is 10.0. The lowest BCUT2D eigenvalue weighted by molar-refractivity contribution is 0.0936. The summed E-state index contributed by atoms with van der Waals surface area (Å²) in [5.74, 6) is -0.303. The van der Waals surface area contributed by atoms with Gasteiger partial charge in [-0.05, 0) is 12.1 Å². The molecule has 5 rings (SSSR count). The second-order valence-corrected chi connectivity index (χ2v) is 9.57. The van der Waals surface area contributed by atoms with Gasteiger partial charge in [-0.15, -0.1) is 0 Å². The fourth-order valence-electron chi connectivity index (χ4n) is 4.20. The molecule has 0 saturated carbocycles. The quantitative estimate of drug-likeness (QED) is 0.754. The molecule has 0 spiro atoms. The Balaban J connectivity index is 1.43. The largest absolute Gasteiger partial charge is 0.367 e. The number of hydrogen-bond donors (Lipinski definition) is 1. The normalized spacial score (nSPS) is 23.0. The van der Waals surface area contributed by atoms with Crippen molar-refractivity contribution in [2.24, 2.45) is 20.0 Å². The summed E-state index contributed by atoms with van der Waals surface area (Å²) in [7, 11) is -3.37. The maximum Gasteiger partial charge on any atom is 0.236 e. The molecular weight excluding hydrogens is 426 g/mol. The zero-order valence-electron chi connectivity index (χ0n) is 17.6. The van der Waals surface area contributed by atoms with Crippen LogP contribution in [0.5, 0.6) is 0 Å². The Morgan fingerprint density at radius 3 is 2.44 bits per heavy atom. The maximum atomic E-state index is 11.8. The minimum Gasteiger partial charge on any atom is -0.367 e. The Hall–Kier alpha value is -3.37. The van der Waals surface area contributed by atoms with Gasteiger partial charge in [0.2, 0.25) is 15.8 Å². The van der Waals surface area contributed by atoms with Gasteiger partial charge in [0.05, 0.1) is 23.8 Å². The van der Waals surface area contributed by atoms with Gasteiger partial charge in [-0.3, -0.25) is 9.62 Å². The van der Waals surface area contributed by atoms with Gasteiger partial charge in [0.25, 0.3) is 0 Å². The standard InChI is InChI=1S/C22H23N7O2S/c1-32(30,31)27-18-9-5-6-10-20(18)28-11-13-29(14-12-28)22(17-7-3-2-4-8-17)25-15-19-21(26-22)24-16-23-19/h2-10,15-16,27H,11-14H2,1H3. The Labute approximate surface area is 187 Å². The van der Waals surface area contributed by atoms with E-state index in [1.54, 1.807) is 12.3 Å². The Bertz CT molecular complexity index is 1250. The van der Waals surface area contributed by atoms with Crippen molar-refractivity contribution in [3.63, 3.8) is 0 Å². The smallest absolute Gasteiger partial charge is 0.236 e. The van der Waals surface area contributed by atoms with E-state index in [0.717, 1.165) is 17.5 Å². The third-order valence-electron chi connectivity index (χ3n) is 5.66. The SMILES string of the molecule is CS(=O)(=O)Nc1ccccc1N1CCN(C2(c3ccccc3)N=CC3=NC=NC3=N2)CC1. The fraction of sp³-hybridized carbons (Fsp3) is 0.273. The van der Waals surface area contributed by atoms with Crippen LogP contribution in [0.25, 0.3) is 0 Å². The summed E-state index contributed by atoms with van der Waals surface area (Å²) in [4.78, 5) is 22.7. The highest BCUT2D eigenvalue weighted by Gasteiger charge is 2.42. The number of aliphatic imine (C=N–C) groups is 4. The average Bonchev–Trinajstić information content (AvgIpc) is 3.27. The summed E-state index contributed by atoms with van der Waals surface area (Å²) in [5, 5.41) is 0. The van der Waals surface area contributed by atoms with Crippen molar-refractivity contribution in [1.29, 1.82) is 0 Å². The number of anilines is 2. The van der Waals surface area contributed by atoms with Gasteiger partial charge in [-0.25, -0.2) is 28.4 Å². The molecule has 0 radical (unpaired) electrons. The molecule has 1 N–H and O–H groups in total. The predicted octanol–water partition coefficient (Wildman–Crippen LogP) is 1.96. The molecule has 2 aromatic carbocycles. The monoisotopic (exact) mass is 449 g/mol. The number of nitrogens with one attached hydrogen (secondary N) is 1. The number of para-hydroxylation sites is 2. The first-order valence-electron chi connectivity index (χ1n) is 10.3.